The minimum atomic E-state index is -1.11. The molecule has 0 aliphatic carbocycles. The van der Waals surface area contributed by atoms with Gasteiger partial charge in [0, 0.05) is 24.4 Å². The molecular formula is C11H10N2O3. The van der Waals surface area contributed by atoms with Gasteiger partial charge in [-0.3, -0.25) is 4.68 Å². The number of aromatic nitrogens is 2. The minimum Gasteiger partial charge on any atom is -0.507 e. The lowest BCUT2D eigenvalue weighted by Gasteiger charge is -2.01. The van der Waals surface area contributed by atoms with E-state index in [0.29, 0.717) is 11.1 Å². The Morgan fingerprint density at radius 1 is 1.31 bits per heavy atom. The summed E-state index contributed by atoms with van der Waals surface area (Å²) in [6.07, 6.45) is 1.57. The first-order chi connectivity index (χ1) is 7.59. The van der Waals surface area contributed by atoms with E-state index < -0.39 is 5.97 Å². The lowest BCUT2D eigenvalue weighted by Crippen LogP contribution is -2.00. The Morgan fingerprint density at radius 3 is 2.62 bits per heavy atom. The summed E-state index contributed by atoms with van der Waals surface area (Å²) >= 11 is 0. The number of hydrogen-bond donors (Lipinski definition) is 2. The second kappa shape index (κ2) is 3.69. The quantitative estimate of drug-likeness (QED) is 0.800. The summed E-state index contributed by atoms with van der Waals surface area (Å²) in [4.78, 5) is 11.0. The van der Waals surface area contributed by atoms with Gasteiger partial charge in [-0.1, -0.05) is 18.2 Å². The molecule has 0 spiro atoms. The molecule has 0 fully saturated rings. The summed E-state index contributed by atoms with van der Waals surface area (Å²) in [7, 11) is 1.63. The molecule has 0 radical (unpaired) electrons. The van der Waals surface area contributed by atoms with Crippen molar-refractivity contribution in [2.75, 3.05) is 0 Å². The van der Waals surface area contributed by atoms with Crippen molar-refractivity contribution >= 4 is 5.97 Å². The van der Waals surface area contributed by atoms with Crippen LogP contribution in [0.5, 0.6) is 5.75 Å². The maximum absolute atomic E-state index is 11.0. The normalized spacial score (nSPS) is 10.3. The van der Waals surface area contributed by atoms with Crippen LogP contribution in [-0.4, -0.2) is 26.0 Å². The Bertz CT molecular complexity index is 546. The van der Waals surface area contributed by atoms with Crippen LogP contribution in [0.1, 0.15) is 10.5 Å². The first kappa shape index (κ1) is 10.2. The van der Waals surface area contributed by atoms with Crippen molar-refractivity contribution < 1.29 is 15.0 Å². The fourth-order valence-corrected chi connectivity index (χ4v) is 1.54. The molecule has 82 valence electrons. The average molecular weight is 218 g/mol. The Balaban J connectivity index is 2.64. The number of para-hydroxylation sites is 1. The number of carboxylic acid groups (broad SMARTS) is 1. The number of aromatic carboxylic acids is 1. The number of carbonyl (C=O) groups is 1. The van der Waals surface area contributed by atoms with E-state index in [1.807, 2.05) is 0 Å². The van der Waals surface area contributed by atoms with Crippen LogP contribution in [0.15, 0.2) is 30.5 Å². The summed E-state index contributed by atoms with van der Waals surface area (Å²) in [6.45, 7) is 0. The number of benzene rings is 1. The van der Waals surface area contributed by atoms with Gasteiger partial charge in [0.2, 0.25) is 0 Å². The van der Waals surface area contributed by atoms with Crippen LogP contribution in [0.25, 0.3) is 11.1 Å². The van der Waals surface area contributed by atoms with Crippen molar-refractivity contribution in [2.24, 2.45) is 7.05 Å². The predicted molar refractivity (Wildman–Crippen MR) is 57.3 cm³/mol. The Morgan fingerprint density at radius 2 is 2.00 bits per heavy atom. The summed E-state index contributed by atoms with van der Waals surface area (Å²) in [6, 6.07) is 6.57. The second-order valence-corrected chi connectivity index (χ2v) is 3.39. The fraction of sp³-hybridized carbons (Fsp3) is 0.0909. The molecule has 2 rings (SSSR count). The third kappa shape index (κ3) is 1.63. The van der Waals surface area contributed by atoms with Crippen molar-refractivity contribution in [3.63, 3.8) is 0 Å². The number of aromatic hydroxyl groups is 1. The van der Waals surface area contributed by atoms with E-state index in [0.717, 1.165) is 0 Å². The van der Waals surface area contributed by atoms with E-state index in [4.69, 9.17) is 5.11 Å². The number of nitrogens with zero attached hydrogens (tertiary/aromatic N) is 2. The van der Waals surface area contributed by atoms with Gasteiger partial charge in [-0.2, -0.15) is 5.10 Å². The highest BCUT2D eigenvalue weighted by atomic mass is 16.4. The molecule has 0 unspecified atom stereocenters. The predicted octanol–water partition coefficient (Wildman–Crippen LogP) is 1.49. The highest BCUT2D eigenvalue weighted by Gasteiger charge is 2.18. The van der Waals surface area contributed by atoms with Crippen molar-refractivity contribution in [3.8, 4) is 16.9 Å². The van der Waals surface area contributed by atoms with Crippen LogP contribution < -0.4 is 0 Å². The van der Waals surface area contributed by atoms with E-state index in [1.54, 1.807) is 31.4 Å². The molecule has 0 aliphatic rings. The first-order valence-corrected chi connectivity index (χ1v) is 4.65. The van der Waals surface area contributed by atoms with Crippen molar-refractivity contribution in [1.29, 1.82) is 0 Å². The van der Waals surface area contributed by atoms with Crippen molar-refractivity contribution in [1.82, 2.24) is 9.78 Å². The monoisotopic (exact) mass is 218 g/mol. The molecule has 1 aromatic carbocycles. The van der Waals surface area contributed by atoms with Gasteiger partial charge < -0.3 is 10.2 Å². The van der Waals surface area contributed by atoms with Crippen LogP contribution in [-0.2, 0) is 7.05 Å². The third-order valence-corrected chi connectivity index (χ3v) is 2.23. The Kier molecular flexibility index (Phi) is 2.36. The molecular weight excluding hydrogens is 208 g/mol. The maximum Gasteiger partial charge on any atom is 0.357 e. The molecule has 0 aliphatic heterocycles. The Labute approximate surface area is 91.6 Å². The van der Waals surface area contributed by atoms with Gasteiger partial charge in [0.1, 0.15) is 5.75 Å². The van der Waals surface area contributed by atoms with E-state index in [-0.39, 0.29) is 11.4 Å². The van der Waals surface area contributed by atoms with E-state index in [1.165, 1.54) is 10.7 Å². The SMILES string of the molecule is Cn1cc(-c2ccccc2O)c(C(=O)O)n1. The molecule has 1 heterocycles. The summed E-state index contributed by atoms with van der Waals surface area (Å²) in [5.41, 5.74) is 0.810. The van der Waals surface area contributed by atoms with E-state index in [2.05, 4.69) is 5.10 Å². The van der Waals surface area contributed by atoms with Gasteiger partial charge in [-0.25, -0.2) is 4.79 Å². The van der Waals surface area contributed by atoms with Gasteiger partial charge in [0.25, 0.3) is 0 Å². The topological polar surface area (TPSA) is 75.4 Å². The van der Waals surface area contributed by atoms with Crippen molar-refractivity contribution in [3.05, 3.63) is 36.2 Å². The standard InChI is InChI=1S/C11H10N2O3/c1-13-6-8(10(12-13)11(15)16)7-4-2-3-5-9(7)14/h2-6,14H,1H3,(H,15,16). The molecule has 16 heavy (non-hydrogen) atoms. The molecule has 2 N–H and O–H groups in total. The number of aryl methyl sites for hydroxylation is 1. The number of hydrogen-bond acceptors (Lipinski definition) is 3. The molecule has 0 saturated carbocycles. The zero-order valence-corrected chi connectivity index (χ0v) is 8.58. The molecule has 0 amide bonds. The zero-order valence-electron chi connectivity index (χ0n) is 8.58. The number of phenolic OH excluding ortho intramolecular Hbond substituents is 1. The molecule has 5 nitrogen and oxygen atoms in total. The fourth-order valence-electron chi connectivity index (χ4n) is 1.54. The Hall–Kier alpha value is -2.30. The maximum atomic E-state index is 11.0. The minimum absolute atomic E-state index is 0.0398. The first-order valence-electron chi connectivity index (χ1n) is 4.65. The summed E-state index contributed by atoms with van der Waals surface area (Å²) in [5, 5.41) is 22.5. The number of rotatable bonds is 2. The molecule has 0 bridgehead atoms. The average Bonchev–Trinajstić information content (AvgIpc) is 2.61. The second-order valence-electron chi connectivity index (χ2n) is 3.39. The number of carboxylic acids is 1. The third-order valence-electron chi connectivity index (χ3n) is 2.23. The highest BCUT2D eigenvalue weighted by Crippen LogP contribution is 2.30. The molecule has 0 atom stereocenters. The van der Waals surface area contributed by atoms with Crippen molar-refractivity contribution in [2.45, 2.75) is 0 Å². The number of phenols is 1. The molecule has 1 aromatic heterocycles. The highest BCUT2D eigenvalue weighted by molar-refractivity contribution is 5.94. The van der Waals surface area contributed by atoms with Crippen LogP contribution in [0.4, 0.5) is 0 Å². The molecule has 5 heteroatoms. The largest absolute Gasteiger partial charge is 0.507 e. The molecule has 2 aromatic rings. The van der Waals surface area contributed by atoms with E-state index in [9.17, 15) is 9.90 Å². The van der Waals surface area contributed by atoms with Crippen LogP contribution >= 0.6 is 0 Å². The lowest BCUT2D eigenvalue weighted by atomic mass is 10.1. The van der Waals surface area contributed by atoms with Gasteiger partial charge in [-0.05, 0) is 6.07 Å². The summed E-state index contributed by atoms with van der Waals surface area (Å²) in [5.74, 6) is -1.07. The van der Waals surface area contributed by atoms with Crippen LogP contribution in [0.2, 0.25) is 0 Å². The van der Waals surface area contributed by atoms with Crippen LogP contribution in [0.3, 0.4) is 0 Å². The lowest BCUT2D eigenvalue weighted by molar-refractivity contribution is 0.0690. The van der Waals surface area contributed by atoms with E-state index >= 15 is 0 Å². The molecule has 0 saturated heterocycles. The van der Waals surface area contributed by atoms with Gasteiger partial charge in [0.15, 0.2) is 5.69 Å². The van der Waals surface area contributed by atoms with Gasteiger partial charge >= 0.3 is 5.97 Å². The smallest absolute Gasteiger partial charge is 0.357 e. The zero-order chi connectivity index (χ0) is 11.7. The van der Waals surface area contributed by atoms with Gasteiger partial charge in [0.05, 0.1) is 0 Å². The summed E-state index contributed by atoms with van der Waals surface area (Å²) < 4.78 is 1.41. The van der Waals surface area contributed by atoms with Gasteiger partial charge in [-0.15, -0.1) is 0 Å². The van der Waals surface area contributed by atoms with Crippen LogP contribution in [0, 0.1) is 0 Å².